The second-order valence-electron chi connectivity index (χ2n) is 6.98. The summed E-state index contributed by atoms with van der Waals surface area (Å²) in [5, 5.41) is 13.1. The van der Waals surface area contributed by atoms with Gasteiger partial charge >= 0.3 is 0 Å². The zero-order valence-corrected chi connectivity index (χ0v) is 15.4. The number of aliphatic hydroxyl groups is 1. The van der Waals surface area contributed by atoms with Crippen LogP contribution in [0.3, 0.4) is 0 Å². The van der Waals surface area contributed by atoms with Crippen LogP contribution in [-0.4, -0.2) is 36.9 Å². The number of benzene rings is 2. The van der Waals surface area contributed by atoms with Crippen molar-refractivity contribution >= 4 is 17.9 Å². The van der Waals surface area contributed by atoms with Crippen LogP contribution in [0.25, 0.3) is 0 Å². The Labute approximate surface area is 160 Å². The summed E-state index contributed by atoms with van der Waals surface area (Å²) in [5.74, 6) is 0.0931. The molecule has 1 saturated heterocycles. The summed E-state index contributed by atoms with van der Waals surface area (Å²) in [4.78, 5) is 25.4. The van der Waals surface area contributed by atoms with Crippen LogP contribution in [0.15, 0.2) is 54.6 Å². The van der Waals surface area contributed by atoms with Gasteiger partial charge in [0, 0.05) is 36.8 Å². The van der Waals surface area contributed by atoms with Crippen LogP contribution in [0.4, 0.5) is 5.69 Å². The van der Waals surface area contributed by atoms with Gasteiger partial charge in [0.1, 0.15) is 6.29 Å². The highest BCUT2D eigenvalue weighted by Crippen LogP contribution is 2.24. The third kappa shape index (κ3) is 5.17. The van der Waals surface area contributed by atoms with Gasteiger partial charge in [0.25, 0.3) is 0 Å². The number of hydrogen-bond donors (Lipinski definition) is 2. The number of amides is 1. The smallest absolute Gasteiger partial charge is 0.223 e. The number of aldehydes is 1. The highest BCUT2D eigenvalue weighted by Gasteiger charge is 2.25. The van der Waals surface area contributed by atoms with Crippen LogP contribution >= 0.6 is 0 Å². The summed E-state index contributed by atoms with van der Waals surface area (Å²) in [6.07, 6.45) is 2.42. The molecule has 0 bridgehead atoms. The van der Waals surface area contributed by atoms with E-state index in [-0.39, 0.29) is 11.8 Å². The van der Waals surface area contributed by atoms with E-state index in [0.29, 0.717) is 18.5 Å². The summed E-state index contributed by atoms with van der Waals surface area (Å²) in [7, 11) is 0. The Hall–Kier alpha value is -2.66. The Morgan fingerprint density at radius 1 is 1.11 bits per heavy atom. The largest absolute Gasteiger partial charge is 0.388 e. The average Bonchev–Trinajstić information content (AvgIpc) is 2.74. The number of carbonyl (C=O) groups is 2. The second-order valence-corrected chi connectivity index (χ2v) is 6.98. The molecular formula is C22H26N2O3. The van der Waals surface area contributed by atoms with E-state index in [2.05, 4.69) is 10.2 Å². The maximum Gasteiger partial charge on any atom is 0.223 e. The van der Waals surface area contributed by atoms with E-state index in [1.165, 1.54) is 0 Å². The number of nitrogens with one attached hydrogen (secondary N) is 1. The maximum atomic E-state index is 12.4. The third-order valence-electron chi connectivity index (χ3n) is 5.16. The van der Waals surface area contributed by atoms with Crippen LogP contribution in [0, 0.1) is 5.92 Å². The lowest BCUT2D eigenvalue weighted by Gasteiger charge is -2.33. The van der Waals surface area contributed by atoms with Crippen LogP contribution in [0.5, 0.6) is 0 Å². The molecule has 1 aliphatic rings. The van der Waals surface area contributed by atoms with Gasteiger partial charge in [0.05, 0.1) is 6.10 Å². The van der Waals surface area contributed by atoms with Gasteiger partial charge in [-0.15, -0.1) is 0 Å². The van der Waals surface area contributed by atoms with E-state index in [9.17, 15) is 14.7 Å². The summed E-state index contributed by atoms with van der Waals surface area (Å²) in [6.45, 7) is 2.12. The fourth-order valence-electron chi connectivity index (χ4n) is 3.48. The molecule has 1 heterocycles. The highest BCUT2D eigenvalue weighted by molar-refractivity contribution is 5.79. The third-order valence-corrected chi connectivity index (χ3v) is 5.16. The maximum absolute atomic E-state index is 12.4. The molecule has 1 aliphatic heterocycles. The molecule has 2 aromatic carbocycles. The molecule has 0 saturated carbocycles. The van der Waals surface area contributed by atoms with Crippen molar-refractivity contribution in [3.8, 4) is 0 Å². The Morgan fingerprint density at radius 3 is 2.41 bits per heavy atom. The lowest BCUT2D eigenvalue weighted by molar-refractivity contribution is -0.125. The fourth-order valence-corrected chi connectivity index (χ4v) is 3.48. The zero-order chi connectivity index (χ0) is 19.1. The van der Waals surface area contributed by atoms with Crippen LogP contribution < -0.4 is 10.2 Å². The number of aliphatic hydroxyl groups excluding tert-OH is 1. The molecule has 5 heteroatoms. The van der Waals surface area contributed by atoms with Gasteiger partial charge in [-0.3, -0.25) is 9.59 Å². The molecule has 3 rings (SSSR count). The SMILES string of the molecule is O=Cc1ccc(N2CCC(C(=O)NCC[C@H](O)c3ccccc3)CC2)cc1. The number of piperidine rings is 1. The first kappa shape index (κ1) is 19.1. The van der Waals surface area contributed by atoms with Gasteiger partial charge < -0.3 is 15.3 Å². The molecule has 0 radical (unpaired) electrons. The van der Waals surface area contributed by atoms with Crippen molar-refractivity contribution in [1.29, 1.82) is 0 Å². The van der Waals surface area contributed by atoms with Crippen molar-refractivity contribution in [2.75, 3.05) is 24.5 Å². The Morgan fingerprint density at radius 2 is 1.78 bits per heavy atom. The van der Waals surface area contributed by atoms with Gasteiger partial charge in [-0.1, -0.05) is 30.3 Å². The van der Waals surface area contributed by atoms with Crippen LogP contribution in [0.2, 0.25) is 0 Å². The van der Waals surface area contributed by atoms with E-state index in [0.717, 1.165) is 43.5 Å². The predicted octanol–water partition coefficient (Wildman–Crippen LogP) is 2.96. The highest BCUT2D eigenvalue weighted by atomic mass is 16.3. The topological polar surface area (TPSA) is 69.6 Å². The molecule has 27 heavy (non-hydrogen) atoms. The molecule has 1 fully saturated rings. The summed E-state index contributed by atoms with van der Waals surface area (Å²) < 4.78 is 0. The lowest BCUT2D eigenvalue weighted by atomic mass is 9.95. The molecule has 1 amide bonds. The fraction of sp³-hybridized carbons (Fsp3) is 0.364. The molecule has 0 spiro atoms. The molecule has 0 unspecified atom stereocenters. The summed E-state index contributed by atoms with van der Waals surface area (Å²) in [6, 6.07) is 17.0. The van der Waals surface area contributed by atoms with Crippen molar-refractivity contribution in [2.24, 2.45) is 5.92 Å². The van der Waals surface area contributed by atoms with E-state index >= 15 is 0 Å². The second kappa shape index (κ2) is 9.33. The molecular weight excluding hydrogens is 340 g/mol. The van der Waals surface area contributed by atoms with Crippen LogP contribution in [-0.2, 0) is 4.79 Å². The lowest BCUT2D eigenvalue weighted by Crippen LogP contribution is -2.41. The molecule has 1 atom stereocenters. The molecule has 2 aromatic rings. The van der Waals surface area contributed by atoms with E-state index in [1.807, 2.05) is 54.6 Å². The van der Waals surface area contributed by atoms with Gasteiger partial charge in [0.2, 0.25) is 5.91 Å². The Bertz CT molecular complexity index is 738. The zero-order valence-electron chi connectivity index (χ0n) is 15.4. The Balaban J connectivity index is 1.41. The number of hydrogen-bond acceptors (Lipinski definition) is 4. The first-order valence-electron chi connectivity index (χ1n) is 9.48. The number of rotatable bonds is 7. The number of anilines is 1. The monoisotopic (exact) mass is 366 g/mol. The first-order chi connectivity index (χ1) is 13.2. The predicted molar refractivity (Wildman–Crippen MR) is 106 cm³/mol. The normalized spacial score (nSPS) is 16.0. The van der Waals surface area contributed by atoms with Gasteiger partial charge in [0.15, 0.2) is 0 Å². The minimum Gasteiger partial charge on any atom is -0.388 e. The molecule has 142 valence electrons. The molecule has 0 aliphatic carbocycles. The Kier molecular flexibility index (Phi) is 6.60. The number of nitrogens with zero attached hydrogens (tertiary/aromatic N) is 1. The summed E-state index contributed by atoms with van der Waals surface area (Å²) in [5.41, 5.74) is 2.64. The van der Waals surface area contributed by atoms with Gasteiger partial charge in [-0.25, -0.2) is 0 Å². The van der Waals surface area contributed by atoms with Gasteiger partial charge in [-0.05, 0) is 49.1 Å². The van der Waals surface area contributed by atoms with E-state index < -0.39 is 6.10 Å². The molecule has 5 nitrogen and oxygen atoms in total. The van der Waals surface area contributed by atoms with E-state index in [1.54, 1.807) is 0 Å². The molecule has 2 N–H and O–H groups in total. The van der Waals surface area contributed by atoms with Crippen molar-refractivity contribution < 1.29 is 14.7 Å². The minimum atomic E-state index is -0.553. The van der Waals surface area contributed by atoms with Crippen molar-refractivity contribution in [3.63, 3.8) is 0 Å². The van der Waals surface area contributed by atoms with Crippen molar-refractivity contribution in [1.82, 2.24) is 5.32 Å². The van der Waals surface area contributed by atoms with Crippen molar-refractivity contribution in [2.45, 2.75) is 25.4 Å². The van der Waals surface area contributed by atoms with Crippen molar-refractivity contribution in [3.05, 3.63) is 65.7 Å². The average molecular weight is 366 g/mol. The standard InChI is InChI=1S/C22H26N2O3/c25-16-17-6-8-20(9-7-17)24-14-11-19(12-15-24)22(27)23-13-10-21(26)18-4-2-1-3-5-18/h1-9,16,19,21,26H,10-15H2,(H,23,27)/t21-/m0/s1. The van der Waals surface area contributed by atoms with E-state index in [4.69, 9.17) is 0 Å². The molecule has 0 aromatic heterocycles. The first-order valence-corrected chi connectivity index (χ1v) is 9.48. The minimum absolute atomic E-state index is 0.0179. The van der Waals surface area contributed by atoms with Gasteiger partial charge in [-0.2, -0.15) is 0 Å². The number of carbonyl (C=O) groups excluding carboxylic acids is 2. The summed E-state index contributed by atoms with van der Waals surface area (Å²) >= 11 is 0. The quantitative estimate of drug-likeness (QED) is 0.739. The van der Waals surface area contributed by atoms with Crippen LogP contribution in [0.1, 0.15) is 41.3 Å².